The molecule has 0 aromatic carbocycles. The minimum absolute atomic E-state index is 0.127. The summed E-state index contributed by atoms with van der Waals surface area (Å²) in [5.41, 5.74) is -0.824. The van der Waals surface area contributed by atoms with Crippen LogP contribution in [0, 0.1) is 11.8 Å². The van der Waals surface area contributed by atoms with Crippen molar-refractivity contribution in [2.24, 2.45) is 11.8 Å². The Morgan fingerprint density at radius 1 is 1.03 bits per heavy atom. The first-order chi connectivity index (χ1) is 13.9. The average Bonchev–Trinajstić information content (AvgIpc) is 3.19. The summed E-state index contributed by atoms with van der Waals surface area (Å²) < 4.78 is 5.29. The summed E-state index contributed by atoms with van der Waals surface area (Å²) in [5, 5.41) is 5.71. The van der Waals surface area contributed by atoms with Crippen LogP contribution in [-0.2, 0) is 23.9 Å². The maximum Gasteiger partial charge on any atom is 0.243 e. The van der Waals surface area contributed by atoms with E-state index in [1.54, 1.807) is 11.8 Å². The Morgan fingerprint density at radius 2 is 1.60 bits per heavy atom. The molecule has 4 unspecified atom stereocenters. The third-order valence-electron chi connectivity index (χ3n) is 5.74. The maximum absolute atomic E-state index is 13.1. The third-order valence-corrected chi connectivity index (χ3v) is 5.74. The molecule has 2 heterocycles. The third kappa shape index (κ3) is 6.27. The SMILES string of the molecule is CC(=O)N1CCCC1C(=O)NC(CC(C)C)C(=O)NC(CC(C)C)C(=O)C1(C)CO1. The molecule has 2 N–H and O–H groups in total. The zero-order valence-corrected chi connectivity index (χ0v) is 19.1. The van der Waals surface area contributed by atoms with Gasteiger partial charge < -0.3 is 20.3 Å². The number of epoxide rings is 1. The molecule has 0 saturated carbocycles. The van der Waals surface area contributed by atoms with Gasteiger partial charge in [0.15, 0.2) is 5.78 Å². The van der Waals surface area contributed by atoms with Gasteiger partial charge in [-0.25, -0.2) is 0 Å². The van der Waals surface area contributed by atoms with Crippen molar-refractivity contribution in [1.29, 1.82) is 0 Å². The molecule has 170 valence electrons. The molecule has 8 heteroatoms. The van der Waals surface area contributed by atoms with Crippen LogP contribution >= 0.6 is 0 Å². The number of nitrogens with zero attached hydrogens (tertiary/aromatic N) is 1. The van der Waals surface area contributed by atoms with Crippen molar-refractivity contribution >= 4 is 23.5 Å². The summed E-state index contributed by atoms with van der Waals surface area (Å²) in [4.78, 5) is 52.1. The average molecular weight is 424 g/mol. The van der Waals surface area contributed by atoms with Gasteiger partial charge in [-0.3, -0.25) is 19.2 Å². The Labute approximate surface area is 179 Å². The molecule has 0 radical (unpaired) electrons. The molecule has 2 aliphatic rings. The zero-order chi connectivity index (χ0) is 22.6. The highest BCUT2D eigenvalue weighted by molar-refractivity contribution is 5.98. The van der Waals surface area contributed by atoms with E-state index in [0.29, 0.717) is 32.4 Å². The Bertz CT molecular complexity index is 672. The van der Waals surface area contributed by atoms with Crippen molar-refractivity contribution in [2.45, 2.75) is 91.0 Å². The van der Waals surface area contributed by atoms with E-state index in [9.17, 15) is 19.2 Å². The lowest BCUT2D eigenvalue weighted by Crippen LogP contribution is -2.56. The molecule has 0 spiro atoms. The molecule has 2 aliphatic heterocycles. The lowest BCUT2D eigenvalue weighted by Gasteiger charge is -2.28. The Hall–Kier alpha value is -1.96. The highest BCUT2D eigenvalue weighted by Crippen LogP contribution is 2.29. The van der Waals surface area contributed by atoms with E-state index in [4.69, 9.17) is 4.74 Å². The van der Waals surface area contributed by atoms with E-state index in [1.807, 2.05) is 27.7 Å². The first kappa shape index (κ1) is 24.3. The minimum Gasteiger partial charge on any atom is -0.361 e. The van der Waals surface area contributed by atoms with Crippen LogP contribution in [0.2, 0.25) is 0 Å². The Morgan fingerprint density at radius 3 is 2.10 bits per heavy atom. The highest BCUT2D eigenvalue weighted by atomic mass is 16.6. The van der Waals surface area contributed by atoms with Gasteiger partial charge in [0.05, 0.1) is 12.6 Å². The largest absolute Gasteiger partial charge is 0.361 e. The summed E-state index contributed by atoms with van der Waals surface area (Å²) >= 11 is 0. The van der Waals surface area contributed by atoms with E-state index < -0.39 is 23.7 Å². The van der Waals surface area contributed by atoms with E-state index in [0.717, 1.165) is 6.42 Å². The van der Waals surface area contributed by atoms with Crippen molar-refractivity contribution in [3.63, 3.8) is 0 Å². The van der Waals surface area contributed by atoms with Gasteiger partial charge in [-0.1, -0.05) is 27.7 Å². The van der Waals surface area contributed by atoms with Crippen LogP contribution in [0.25, 0.3) is 0 Å². The summed E-state index contributed by atoms with van der Waals surface area (Å²) in [6, 6.07) is -1.96. The van der Waals surface area contributed by atoms with Crippen LogP contribution in [0.5, 0.6) is 0 Å². The summed E-state index contributed by atoms with van der Waals surface area (Å²) in [5.74, 6) is -0.574. The van der Waals surface area contributed by atoms with Gasteiger partial charge in [0.25, 0.3) is 0 Å². The topological polar surface area (TPSA) is 108 Å². The van der Waals surface area contributed by atoms with Crippen molar-refractivity contribution in [1.82, 2.24) is 15.5 Å². The molecule has 4 atom stereocenters. The highest BCUT2D eigenvalue weighted by Gasteiger charge is 2.50. The molecule has 2 rings (SSSR count). The van der Waals surface area contributed by atoms with Gasteiger partial charge in [-0.15, -0.1) is 0 Å². The van der Waals surface area contributed by atoms with Crippen LogP contribution in [0.15, 0.2) is 0 Å². The molecule has 3 amide bonds. The second-order valence-electron chi connectivity index (χ2n) is 9.64. The molecule has 0 aliphatic carbocycles. The van der Waals surface area contributed by atoms with E-state index >= 15 is 0 Å². The molecule has 2 saturated heterocycles. The number of ketones is 1. The standard InChI is InChI=1S/C22H37N3O5/c1-13(2)10-16(19(27)22(6)12-30-22)23-20(28)17(11-14(3)4)24-21(29)18-8-7-9-25(18)15(5)26/h13-14,16-18H,7-12H2,1-6H3,(H,23,28)(H,24,29). The fourth-order valence-electron chi connectivity index (χ4n) is 3.98. The Kier molecular flexibility index (Phi) is 8.02. The number of Topliss-reactive ketones (excluding diaryl/α,β-unsaturated/α-hetero) is 1. The van der Waals surface area contributed by atoms with Crippen LogP contribution in [0.3, 0.4) is 0 Å². The van der Waals surface area contributed by atoms with Gasteiger partial charge in [0, 0.05) is 13.5 Å². The molecule has 8 nitrogen and oxygen atoms in total. The van der Waals surface area contributed by atoms with Crippen molar-refractivity contribution in [3.05, 3.63) is 0 Å². The quantitative estimate of drug-likeness (QED) is 0.517. The number of carbonyl (C=O) groups excluding carboxylic acids is 4. The van der Waals surface area contributed by atoms with Crippen molar-refractivity contribution in [2.75, 3.05) is 13.2 Å². The number of amides is 3. The predicted octanol–water partition coefficient (Wildman–Crippen LogP) is 1.42. The number of likely N-dealkylation sites (tertiary alicyclic amines) is 1. The summed E-state index contributed by atoms with van der Waals surface area (Å²) in [6.45, 7) is 12.0. The minimum atomic E-state index is -0.824. The molecule has 2 fully saturated rings. The maximum atomic E-state index is 13.1. The number of rotatable bonds is 10. The van der Waals surface area contributed by atoms with Gasteiger partial charge in [0.1, 0.15) is 17.7 Å². The molecular formula is C22H37N3O5. The van der Waals surface area contributed by atoms with E-state index in [2.05, 4.69) is 10.6 Å². The zero-order valence-electron chi connectivity index (χ0n) is 19.1. The second-order valence-corrected chi connectivity index (χ2v) is 9.64. The lowest BCUT2D eigenvalue weighted by atomic mass is 9.92. The summed E-state index contributed by atoms with van der Waals surface area (Å²) in [6.07, 6.45) is 2.31. The molecule has 30 heavy (non-hydrogen) atoms. The molecule has 0 aromatic heterocycles. The number of hydrogen-bond donors (Lipinski definition) is 2. The fourth-order valence-corrected chi connectivity index (χ4v) is 3.98. The van der Waals surface area contributed by atoms with Crippen LogP contribution in [0.4, 0.5) is 0 Å². The number of carbonyl (C=O) groups is 4. The fraction of sp³-hybridized carbons (Fsp3) is 0.818. The predicted molar refractivity (Wildman–Crippen MR) is 113 cm³/mol. The normalized spacial score (nSPS) is 25.2. The smallest absolute Gasteiger partial charge is 0.243 e. The number of ether oxygens (including phenoxy) is 1. The van der Waals surface area contributed by atoms with Crippen molar-refractivity contribution < 1.29 is 23.9 Å². The van der Waals surface area contributed by atoms with Gasteiger partial charge in [-0.2, -0.15) is 0 Å². The lowest BCUT2D eigenvalue weighted by molar-refractivity contribution is -0.138. The van der Waals surface area contributed by atoms with Crippen LogP contribution in [-0.4, -0.2) is 65.3 Å². The first-order valence-electron chi connectivity index (χ1n) is 11.0. The number of hydrogen-bond acceptors (Lipinski definition) is 5. The Balaban J connectivity index is 2.10. The second kappa shape index (κ2) is 9.90. The molecule has 0 aromatic rings. The molecular weight excluding hydrogens is 386 g/mol. The van der Waals surface area contributed by atoms with Gasteiger partial charge >= 0.3 is 0 Å². The van der Waals surface area contributed by atoms with Crippen LogP contribution < -0.4 is 10.6 Å². The monoisotopic (exact) mass is 423 g/mol. The number of nitrogens with one attached hydrogen (secondary N) is 2. The van der Waals surface area contributed by atoms with Gasteiger partial charge in [0.2, 0.25) is 17.7 Å². The van der Waals surface area contributed by atoms with Crippen molar-refractivity contribution in [3.8, 4) is 0 Å². The van der Waals surface area contributed by atoms with E-state index in [-0.39, 0.29) is 35.3 Å². The first-order valence-corrected chi connectivity index (χ1v) is 11.0. The van der Waals surface area contributed by atoms with E-state index in [1.165, 1.54) is 6.92 Å². The molecule has 0 bridgehead atoms. The van der Waals surface area contributed by atoms with Gasteiger partial charge in [-0.05, 0) is 44.4 Å². The van der Waals surface area contributed by atoms with Crippen LogP contribution in [0.1, 0.15) is 67.2 Å². The summed E-state index contributed by atoms with van der Waals surface area (Å²) in [7, 11) is 0.